The van der Waals surface area contributed by atoms with Crippen LogP contribution in [-0.4, -0.2) is 4.83 Å². The number of alkyl halides is 1. The smallest absolute Gasteiger partial charge is 0.0314 e. The van der Waals surface area contributed by atoms with Crippen molar-refractivity contribution < 1.29 is 0 Å². The Labute approximate surface area is 100.0 Å². The largest absolute Gasteiger partial charge is 0.148 e. The van der Waals surface area contributed by atoms with Crippen molar-refractivity contribution in [2.75, 3.05) is 0 Å². The fraction of sp³-hybridized carbons (Fsp3) is 0.600. The lowest BCUT2D eigenvalue weighted by atomic mass is 10.0. The molecule has 2 atom stereocenters. The summed E-state index contributed by atoms with van der Waals surface area (Å²) in [6.07, 6.45) is 5.38. The van der Waals surface area contributed by atoms with E-state index in [4.69, 9.17) is 0 Å². The van der Waals surface area contributed by atoms with E-state index in [1.807, 2.05) is 11.3 Å². The van der Waals surface area contributed by atoms with Gasteiger partial charge >= 0.3 is 0 Å². The van der Waals surface area contributed by atoms with Crippen molar-refractivity contribution in [3.8, 4) is 0 Å². The summed E-state index contributed by atoms with van der Waals surface area (Å²) in [7, 11) is 0. The summed E-state index contributed by atoms with van der Waals surface area (Å²) in [6, 6.07) is 2.15. The number of hydrogen-bond acceptors (Lipinski definition) is 1. The number of halogens is 2. The molecule has 0 radical (unpaired) electrons. The van der Waals surface area contributed by atoms with Crippen LogP contribution in [-0.2, 0) is 6.42 Å². The molecule has 2 rings (SSSR count). The summed E-state index contributed by atoms with van der Waals surface area (Å²) in [5, 5.41) is 2.16. The van der Waals surface area contributed by atoms with E-state index in [0.29, 0.717) is 0 Å². The molecule has 0 spiro atoms. The first kappa shape index (κ1) is 10.2. The number of hydrogen-bond donors (Lipinski definition) is 0. The van der Waals surface area contributed by atoms with Crippen LogP contribution < -0.4 is 0 Å². The fourth-order valence-electron chi connectivity index (χ4n) is 1.93. The van der Waals surface area contributed by atoms with Crippen molar-refractivity contribution >= 4 is 43.2 Å². The Morgan fingerprint density at radius 2 is 2.31 bits per heavy atom. The Hall–Kier alpha value is 0.660. The maximum Gasteiger partial charge on any atom is 0.0314 e. The van der Waals surface area contributed by atoms with Crippen LogP contribution in [0.15, 0.2) is 15.9 Å². The van der Waals surface area contributed by atoms with Gasteiger partial charge < -0.3 is 0 Å². The molecule has 0 saturated heterocycles. The van der Waals surface area contributed by atoms with Gasteiger partial charge in [-0.15, -0.1) is 11.3 Å². The SMILES string of the molecule is Brc1ccsc1CC1CCCC1Br. The van der Waals surface area contributed by atoms with Gasteiger partial charge in [-0.05, 0) is 52.6 Å². The molecule has 1 fully saturated rings. The minimum Gasteiger partial charge on any atom is -0.148 e. The van der Waals surface area contributed by atoms with E-state index < -0.39 is 0 Å². The lowest BCUT2D eigenvalue weighted by molar-refractivity contribution is 0.566. The van der Waals surface area contributed by atoms with E-state index in [0.717, 1.165) is 10.7 Å². The summed E-state index contributed by atoms with van der Waals surface area (Å²) >= 11 is 9.22. The summed E-state index contributed by atoms with van der Waals surface area (Å²) < 4.78 is 1.30. The molecule has 1 aliphatic rings. The van der Waals surface area contributed by atoms with Crippen LogP contribution in [0.25, 0.3) is 0 Å². The zero-order chi connectivity index (χ0) is 9.26. The molecule has 1 aromatic rings. The van der Waals surface area contributed by atoms with Gasteiger partial charge in [0.15, 0.2) is 0 Å². The van der Waals surface area contributed by atoms with E-state index in [1.54, 1.807) is 0 Å². The van der Waals surface area contributed by atoms with E-state index in [1.165, 1.54) is 35.0 Å². The highest BCUT2D eigenvalue weighted by molar-refractivity contribution is 9.10. The lowest BCUT2D eigenvalue weighted by Gasteiger charge is -2.12. The second-order valence-corrected chi connectivity index (χ2v) is 6.63. The molecule has 1 saturated carbocycles. The molecule has 0 aromatic carbocycles. The minimum atomic E-state index is 0.751. The van der Waals surface area contributed by atoms with Gasteiger partial charge in [0.25, 0.3) is 0 Å². The molecule has 0 amide bonds. The first-order valence-corrected chi connectivity index (χ1v) is 7.22. The average Bonchev–Trinajstić information content (AvgIpc) is 2.65. The van der Waals surface area contributed by atoms with E-state index >= 15 is 0 Å². The van der Waals surface area contributed by atoms with Gasteiger partial charge in [-0.1, -0.05) is 22.4 Å². The van der Waals surface area contributed by atoms with Gasteiger partial charge in [-0.2, -0.15) is 0 Å². The zero-order valence-electron chi connectivity index (χ0n) is 7.30. The zero-order valence-corrected chi connectivity index (χ0v) is 11.3. The van der Waals surface area contributed by atoms with Crippen LogP contribution in [0.2, 0.25) is 0 Å². The summed E-state index contributed by atoms with van der Waals surface area (Å²) in [4.78, 5) is 2.26. The van der Waals surface area contributed by atoms with Crippen LogP contribution >= 0.6 is 43.2 Å². The van der Waals surface area contributed by atoms with Crippen molar-refractivity contribution in [2.24, 2.45) is 5.92 Å². The van der Waals surface area contributed by atoms with Crippen LogP contribution in [0.3, 0.4) is 0 Å². The van der Waals surface area contributed by atoms with Crippen molar-refractivity contribution in [1.82, 2.24) is 0 Å². The molecule has 2 unspecified atom stereocenters. The molecule has 1 aliphatic carbocycles. The molecule has 0 aliphatic heterocycles. The standard InChI is InChI=1S/C10H12Br2S/c11-8-3-1-2-7(8)6-10-9(12)4-5-13-10/h4-5,7-8H,1-3,6H2. The molecule has 1 aromatic heterocycles. The number of rotatable bonds is 2. The molecule has 0 N–H and O–H groups in total. The quantitative estimate of drug-likeness (QED) is 0.697. The van der Waals surface area contributed by atoms with Crippen LogP contribution in [0.4, 0.5) is 0 Å². The Kier molecular flexibility index (Phi) is 3.49. The minimum absolute atomic E-state index is 0.751. The molecule has 0 nitrogen and oxygen atoms in total. The molecule has 13 heavy (non-hydrogen) atoms. The highest BCUT2D eigenvalue weighted by atomic mass is 79.9. The maximum absolute atomic E-state index is 3.76. The lowest BCUT2D eigenvalue weighted by Crippen LogP contribution is -2.08. The topological polar surface area (TPSA) is 0 Å². The third kappa shape index (κ3) is 2.37. The van der Waals surface area contributed by atoms with Crippen LogP contribution in [0.5, 0.6) is 0 Å². The van der Waals surface area contributed by atoms with E-state index in [2.05, 4.69) is 43.3 Å². The Morgan fingerprint density at radius 1 is 1.46 bits per heavy atom. The summed E-state index contributed by atoms with van der Waals surface area (Å²) in [6.45, 7) is 0. The van der Waals surface area contributed by atoms with Gasteiger partial charge in [-0.3, -0.25) is 0 Å². The average molecular weight is 324 g/mol. The molecule has 3 heteroatoms. The van der Waals surface area contributed by atoms with E-state index in [-0.39, 0.29) is 0 Å². The van der Waals surface area contributed by atoms with Crippen molar-refractivity contribution in [3.05, 3.63) is 20.8 Å². The summed E-state index contributed by atoms with van der Waals surface area (Å²) in [5.74, 6) is 0.856. The Morgan fingerprint density at radius 3 is 2.85 bits per heavy atom. The normalized spacial score (nSPS) is 28.2. The van der Waals surface area contributed by atoms with Gasteiger partial charge in [-0.25, -0.2) is 0 Å². The first-order valence-electron chi connectivity index (χ1n) is 4.63. The predicted octanol–water partition coefficient (Wildman–Crippen LogP) is 4.62. The maximum atomic E-state index is 3.76. The molecule has 1 heterocycles. The van der Waals surface area contributed by atoms with Crippen molar-refractivity contribution in [3.63, 3.8) is 0 Å². The monoisotopic (exact) mass is 322 g/mol. The Bertz CT molecular complexity index is 282. The third-order valence-electron chi connectivity index (χ3n) is 2.70. The fourth-order valence-corrected chi connectivity index (χ4v) is 4.31. The van der Waals surface area contributed by atoms with Crippen molar-refractivity contribution in [2.45, 2.75) is 30.5 Å². The molecule has 72 valence electrons. The molecular weight excluding hydrogens is 312 g/mol. The van der Waals surface area contributed by atoms with E-state index in [9.17, 15) is 0 Å². The Balaban J connectivity index is 2.01. The first-order chi connectivity index (χ1) is 6.27. The van der Waals surface area contributed by atoms with Crippen LogP contribution in [0, 0.1) is 5.92 Å². The molecule has 0 bridgehead atoms. The number of thiophene rings is 1. The van der Waals surface area contributed by atoms with Crippen molar-refractivity contribution in [1.29, 1.82) is 0 Å². The van der Waals surface area contributed by atoms with Gasteiger partial charge in [0.05, 0.1) is 0 Å². The van der Waals surface area contributed by atoms with Gasteiger partial charge in [0, 0.05) is 14.2 Å². The van der Waals surface area contributed by atoms with Gasteiger partial charge in [0.1, 0.15) is 0 Å². The second kappa shape index (κ2) is 4.45. The second-order valence-electron chi connectivity index (χ2n) is 3.60. The van der Waals surface area contributed by atoms with Gasteiger partial charge in [0.2, 0.25) is 0 Å². The molecular formula is C10H12Br2S. The predicted molar refractivity (Wildman–Crippen MR) is 65.8 cm³/mol. The highest BCUT2D eigenvalue weighted by Crippen LogP contribution is 2.36. The highest BCUT2D eigenvalue weighted by Gasteiger charge is 2.25. The third-order valence-corrected chi connectivity index (χ3v) is 5.86. The van der Waals surface area contributed by atoms with Crippen LogP contribution in [0.1, 0.15) is 24.1 Å². The summed E-state index contributed by atoms with van der Waals surface area (Å²) in [5.41, 5.74) is 0.